The Balaban J connectivity index is 4.00. The van der Waals surface area contributed by atoms with E-state index in [4.69, 9.17) is 0 Å². The lowest BCUT2D eigenvalue weighted by atomic mass is 10.5. The minimum atomic E-state index is -0.484. The highest BCUT2D eigenvalue weighted by atomic mass is 79.9. The molecule has 0 aliphatic heterocycles. The fraction of sp³-hybridized carbons (Fsp3) is 0.167. The van der Waals surface area contributed by atoms with Gasteiger partial charge in [-0.15, -0.1) is 0 Å². The highest BCUT2D eigenvalue weighted by molar-refractivity contribution is 9.12. The molecule has 0 N–H and O–H groups in total. The quantitative estimate of drug-likeness (QED) is 0.470. The summed E-state index contributed by atoms with van der Waals surface area (Å²) >= 11 is 3.05. The topological polar surface area (TPSA) is 12.4 Å². The van der Waals surface area contributed by atoms with Crippen molar-refractivity contribution in [1.29, 1.82) is 0 Å². The molecule has 9 heavy (non-hydrogen) atoms. The summed E-state index contributed by atoms with van der Waals surface area (Å²) in [5, 5.41) is 0. The van der Waals surface area contributed by atoms with E-state index in [-0.39, 0.29) is 0 Å². The molecular weight excluding hydrogens is 185 g/mol. The van der Waals surface area contributed by atoms with Crippen LogP contribution in [0.1, 0.15) is 0 Å². The van der Waals surface area contributed by atoms with Crippen LogP contribution in [0, 0.1) is 0 Å². The Labute approximate surface area is 62.1 Å². The normalized spacial score (nSPS) is 12.6. The van der Waals surface area contributed by atoms with Crippen LogP contribution in [-0.4, -0.2) is 13.3 Å². The van der Waals surface area contributed by atoms with Crippen molar-refractivity contribution in [1.82, 2.24) is 0 Å². The summed E-state index contributed by atoms with van der Waals surface area (Å²) < 4.78 is 12.5. The minimum absolute atomic E-state index is 0.484. The van der Waals surface area contributed by atoms with Crippen molar-refractivity contribution in [2.24, 2.45) is 4.99 Å². The third kappa shape index (κ3) is 5.43. The molecule has 0 rings (SSSR count). The van der Waals surface area contributed by atoms with E-state index in [1.165, 1.54) is 12.3 Å². The monoisotopic (exact) mass is 191 g/mol. The summed E-state index contributed by atoms with van der Waals surface area (Å²) in [5.41, 5.74) is 0. The van der Waals surface area contributed by atoms with E-state index in [0.29, 0.717) is 4.48 Å². The van der Waals surface area contributed by atoms with Gasteiger partial charge in [0.1, 0.15) is 5.83 Å². The summed E-state index contributed by atoms with van der Waals surface area (Å²) in [7, 11) is 1.61. The van der Waals surface area contributed by atoms with Crippen LogP contribution in [0.25, 0.3) is 0 Å². The predicted molar refractivity (Wildman–Crippen MR) is 41.7 cm³/mol. The first kappa shape index (κ1) is 8.56. The Morgan fingerprint density at radius 2 is 2.33 bits per heavy atom. The second-order valence-electron chi connectivity index (χ2n) is 1.36. The van der Waals surface area contributed by atoms with Gasteiger partial charge in [-0.3, -0.25) is 4.99 Å². The number of aliphatic imine (C=N–C) groups is 1. The molecule has 1 nitrogen and oxygen atoms in total. The molecule has 0 fully saturated rings. The lowest BCUT2D eigenvalue weighted by Gasteiger charge is -1.83. The number of hydrogen-bond donors (Lipinski definition) is 0. The van der Waals surface area contributed by atoms with Crippen LogP contribution < -0.4 is 0 Å². The molecule has 0 unspecified atom stereocenters. The summed E-state index contributed by atoms with van der Waals surface area (Å²) in [4.78, 5) is 3.64. The van der Waals surface area contributed by atoms with Crippen LogP contribution in [-0.2, 0) is 0 Å². The molecule has 0 amide bonds. The predicted octanol–water partition coefficient (Wildman–Crippen LogP) is 2.45. The first-order valence-corrected chi connectivity index (χ1v) is 3.10. The molecule has 0 saturated carbocycles. The maximum atomic E-state index is 11.9. The van der Waals surface area contributed by atoms with Crippen molar-refractivity contribution < 1.29 is 4.39 Å². The van der Waals surface area contributed by atoms with Crippen LogP contribution in [0.15, 0.2) is 28.0 Å². The van der Waals surface area contributed by atoms with Crippen molar-refractivity contribution in [3.63, 3.8) is 0 Å². The van der Waals surface area contributed by atoms with Crippen LogP contribution in [0.5, 0.6) is 0 Å². The van der Waals surface area contributed by atoms with Gasteiger partial charge in [-0.1, -0.05) is 6.58 Å². The van der Waals surface area contributed by atoms with Gasteiger partial charge < -0.3 is 0 Å². The molecule has 0 heterocycles. The molecule has 3 heteroatoms. The van der Waals surface area contributed by atoms with E-state index in [9.17, 15) is 4.39 Å². The Kier molecular flexibility index (Phi) is 4.22. The summed E-state index contributed by atoms with van der Waals surface area (Å²) in [5.74, 6) is -0.484. The van der Waals surface area contributed by atoms with E-state index < -0.39 is 5.83 Å². The highest BCUT2D eigenvalue weighted by Crippen LogP contribution is 2.05. The molecule has 0 aliphatic rings. The van der Waals surface area contributed by atoms with Gasteiger partial charge in [0.05, 0.1) is 0 Å². The summed E-state index contributed by atoms with van der Waals surface area (Å²) in [6, 6.07) is 0. The summed E-state index contributed by atoms with van der Waals surface area (Å²) in [6.45, 7) is 3.04. The average molecular weight is 192 g/mol. The zero-order valence-electron chi connectivity index (χ0n) is 5.06. The maximum Gasteiger partial charge on any atom is 0.117 e. The fourth-order valence-electron chi connectivity index (χ4n) is 0.310. The van der Waals surface area contributed by atoms with Crippen molar-refractivity contribution in [2.45, 2.75) is 0 Å². The smallest absolute Gasteiger partial charge is 0.117 e. The molecule has 0 aliphatic carbocycles. The molecular formula is C6H7BrFN. The standard InChI is InChI=1S/C6H7BrFN/c1-5(8)3-6(7)4-9-2/h3-4H,1H2,2H3/b6-3+,9-4-. The van der Waals surface area contributed by atoms with E-state index in [0.717, 1.165) is 0 Å². The Morgan fingerprint density at radius 3 is 2.67 bits per heavy atom. The fourth-order valence-corrected chi connectivity index (χ4v) is 0.763. The molecule has 50 valence electrons. The number of hydrogen-bond acceptors (Lipinski definition) is 1. The van der Waals surface area contributed by atoms with Crippen molar-refractivity contribution in [3.05, 3.63) is 23.0 Å². The maximum absolute atomic E-state index is 11.9. The second-order valence-corrected chi connectivity index (χ2v) is 2.28. The van der Waals surface area contributed by atoms with E-state index in [1.54, 1.807) is 7.05 Å². The average Bonchev–Trinajstić information content (AvgIpc) is 1.63. The zero-order chi connectivity index (χ0) is 7.28. The van der Waals surface area contributed by atoms with Gasteiger partial charge in [0.15, 0.2) is 0 Å². The molecule has 0 aromatic heterocycles. The highest BCUT2D eigenvalue weighted by Gasteiger charge is 1.85. The number of rotatable bonds is 2. The van der Waals surface area contributed by atoms with E-state index in [2.05, 4.69) is 27.5 Å². The van der Waals surface area contributed by atoms with Crippen molar-refractivity contribution >= 4 is 22.1 Å². The van der Waals surface area contributed by atoms with E-state index in [1.807, 2.05) is 0 Å². The molecule has 0 saturated heterocycles. The Morgan fingerprint density at radius 1 is 1.78 bits per heavy atom. The van der Waals surface area contributed by atoms with Gasteiger partial charge in [0.25, 0.3) is 0 Å². The van der Waals surface area contributed by atoms with Gasteiger partial charge in [-0.2, -0.15) is 0 Å². The van der Waals surface area contributed by atoms with Crippen molar-refractivity contribution in [2.75, 3.05) is 7.05 Å². The number of allylic oxidation sites excluding steroid dienone is 3. The lowest BCUT2D eigenvalue weighted by Crippen LogP contribution is -1.71. The SMILES string of the molecule is C=C(F)/C=C(Br)\C=N/C. The Hall–Kier alpha value is -0.440. The molecule has 0 radical (unpaired) electrons. The number of nitrogens with zero attached hydrogens (tertiary/aromatic N) is 1. The molecule has 0 bridgehead atoms. The van der Waals surface area contributed by atoms with Gasteiger partial charge in [0.2, 0.25) is 0 Å². The second kappa shape index (κ2) is 4.44. The first-order chi connectivity index (χ1) is 4.16. The lowest BCUT2D eigenvalue weighted by molar-refractivity contribution is 0.671. The molecule has 0 atom stereocenters. The van der Waals surface area contributed by atoms with Gasteiger partial charge >= 0.3 is 0 Å². The molecule has 0 aromatic rings. The van der Waals surface area contributed by atoms with Crippen LogP contribution in [0.3, 0.4) is 0 Å². The first-order valence-electron chi connectivity index (χ1n) is 2.30. The van der Waals surface area contributed by atoms with Crippen molar-refractivity contribution in [3.8, 4) is 0 Å². The third-order valence-electron chi connectivity index (χ3n) is 0.547. The van der Waals surface area contributed by atoms with E-state index >= 15 is 0 Å². The van der Waals surface area contributed by atoms with Gasteiger partial charge in [-0.05, 0) is 22.0 Å². The number of halogens is 2. The van der Waals surface area contributed by atoms with Gasteiger partial charge in [0, 0.05) is 17.7 Å². The third-order valence-corrected chi connectivity index (χ3v) is 0.981. The van der Waals surface area contributed by atoms with Crippen LogP contribution in [0.4, 0.5) is 4.39 Å². The Bertz CT molecular complexity index is 160. The largest absolute Gasteiger partial charge is 0.295 e. The van der Waals surface area contributed by atoms with Crippen LogP contribution >= 0.6 is 15.9 Å². The molecule has 0 spiro atoms. The zero-order valence-corrected chi connectivity index (χ0v) is 6.65. The van der Waals surface area contributed by atoms with Crippen LogP contribution in [0.2, 0.25) is 0 Å². The van der Waals surface area contributed by atoms with Gasteiger partial charge in [-0.25, -0.2) is 4.39 Å². The molecule has 0 aromatic carbocycles. The minimum Gasteiger partial charge on any atom is -0.295 e. The summed E-state index contributed by atoms with van der Waals surface area (Å²) in [6.07, 6.45) is 2.73.